The molecule has 444 valence electrons. The smallest absolute Gasteiger partial charge is 0.456 e. The van der Waals surface area contributed by atoms with E-state index in [9.17, 15) is 19.0 Å². The van der Waals surface area contributed by atoms with E-state index in [0.29, 0.717) is 23.9 Å². The van der Waals surface area contributed by atoms with Gasteiger partial charge in [-0.2, -0.15) is 0 Å². The largest absolute Gasteiger partial charge is 0.472 e. The minimum Gasteiger partial charge on any atom is -0.456 e. The lowest BCUT2D eigenvalue weighted by atomic mass is 10.0. The second kappa shape index (κ2) is 55.8. The Balaban J connectivity index is 5.21. The van der Waals surface area contributed by atoms with Gasteiger partial charge in [-0.15, -0.1) is 0 Å². The molecular weight excluding hydrogens is 952 g/mol. The minimum atomic E-state index is -4.44. The summed E-state index contributed by atoms with van der Waals surface area (Å²) in [4.78, 5) is 37.8. The van der Waals surface area contributed by atoms with Gasteiger partial charge in [0.1, 0.15) is 19.3 Å². The Kier molecular flexibility index (Phi) is 54.7. The summed E-state index contributed by atoms with van der Waals surface area (Å²) in [6, 6.07) is -0.843. The molecule has 0 aromatic heterocycles. The van der Waals surface area contributed by atoms with Crippen LogP contribution in [0, 0.1) is 0 Å². The van der Waals surface area contributed by atoms with Crippen molar-refractivity contribution >= 4 is 19.7 Å². The van der Waals surface area contributed by atoms with Crippen LogP contribution in [0.25, 0.3) is 0 Å². The van der Waals surface area contributed by atoms with Gasteiger partial charge in [-0.3, -0.25) is 18.6 Å². The monoisotopic (exact) mass is 1080 g/mol. The fraction of sp³-hybridized carbons (Fsp3) is 0.908. The average molecular weight is 1080 g/mol. The summed E-state index contributed by atoms with van der Waals surface area (Å²) in [5.74, 6) is -0.488. The molecule has 0 bridgehead atoms. The van der Waals surface area contributed by atoms with Gasteiger partial charge in [0.2, 0.25) is 5.91 Å². The number of phosphoric ester groups is 1. The van der Waals surface area contributed by atoms with Crippen LogP contribution in [0.2, 0.25) is 0 Å². The molecule has 0 saturated carbocycles. The number of hydrogen-bond donors (Lipinski definition) is 2. The molecule has 2 N–H and O–H groups in total. The molecule has 75 heavy (non-hydrogen) atoms. The second-order valence-electron chi connectivity index (χ2n) is 23.6. The number of amides is 1. The average Bonchev–Trinajstić information content (AvgIpc) is 3.37. The SMILES string of the molecule is CCCCCCCC/C=C/CCCCCCCCCCCC(=O)OC(/C=C/CCCCCCCCCCCCC)C(COP(=O)(O)OCC[N+](C)(C)C)NC(=O)CCCCCCCCCCCCCCCCCCC. The Hall–Kier alpha value is -1.51. The highest BCUT2D eigenvalue weighted by Gasteiger charge is 2.30. The zero-order valence-corrected chi connectivity index (χ0v) is 51.7. The molecule has 0 fully saturated rings. The van der Waals surface area contributed by atoms with E-state index in [4.69, 9.17) is 13.8 Å². The lowest BCUT2D eigenvalue weighted by molar-refractivity contribution is -0.870. The van der Waals surface area contributed by atoms with Crippen molar-refractivity contribution in [3.05, 3.63) is 24.3 Å². The maximum atomic E-state index is 13.6. The Morgan fingerprint density at radius 2 is 0.773 bits per heavy atom. The molecule has 0 aliphatic heterocycles. The van der Waals surface area contributed by atoms with E-state index in [0.717, 1.165) is 57.8 Å². The van der Waals surface area contributed by atoms with E-state index >= 15 is 0 Å². The zero-order valence-electron chi connectivity index (χ0n) is 50.8. The molecule has 1 amide bonds. The summed E-state index contributed by atoms with van der Waals surface area (Å²) < 4.78 is 30.8. The van der Waals surface area contributed by atoms with Crippen molar-refractivity contribution in [2.45, 2.75) is 341 Å². The first-order chi connectivity index (χ1) is 36.4. The van der Waals surface area contributed by atoms with Crippen molar-refractivity contribution in [2.75, 3.05) is 40.9 Å². The molecule has 0 heterocycles. The van der Waals surface area contributed by atoms with Crippen LogP contribution in [0.15, 0.2) is 24.3 Å². The third-order valence-corrected chi connectivity index (χ3v) is 15.9. The van der Waals surface area contributed by atoms with E-state index in [1.54, 1.807) is 0 Å². The number of rotatable bonds is 60. The molecule has 3 unspecified atom stereocenters. The van der Waals surface area contributed by atoms with Crippen LogP contribution in [-0.4, -0.2) is 74.3 Å². The summed E-state index contributed by atoms with van der Waals surface area (Å²) in [6.07, 6.45) is 66.0. The van der Waals surface area contributed by atoms with Gasteiger partial charge in [-0.1, -0.05) is 283 Å². The molecule has 0 aliphatic rings. The molecule has 0 spiro atoms. The zero-order chi connectivity index (χ0) is 55.0. The lowest BCUT2D eigenvalue weighted by Gasteiger charge is -2.27. The van der Waals surface area contributed by atoms with Gasteiger partial charge in [0, 0.05) is 12.8 Å². The first kappa shape index (κ1) is 73.5. The van der Waals surface area contributed by atoms with Crippen molar-refractivity contribution in [2.24, 2.45) is 0 Å². The Morgan fingerprint density at radius 3 is 1.13 bits per heavy atom. The van der Waals surface area contributed by atoms with Gasteiger partial charge in [-0.05, 0) is 57.4 Å². The number of allylic oxidation sites excluding steroid dienone is 3. The number of phosphoric acid groups is 1. The van der Waals surface area contributed by atoms with Crippen molar-refractivity contribution in [1.29, 1.82) is 0 Å². The van der Waals surface area contributed by atoms with Crippen molar-refractivity contribution in [1.82, 2.24) is 5.32 Å². The maximum absolute atomic E-state index is 13.6. The van der Waals surface area contributed by atoms with Crippen LogP contribution in [0.4, 0.5) is 0 Å². The Labute approximate surface area is 466 Å². The number of unbranched alkanes of at least 4 members (excludes halogenated alkanes) is 42. The van der Waals surface area contributed by atoms with E-state index in [2.05, 4.69) is 38.2 Å². The van der Waals surface area contributed by atoms with E-state index in [-0.39, 0.29) is 25.1 Å². The van der Waals surface area contributed by atoms with Crippen LogP contribution in [0.5, 0.6) is 0 Å². The number of hydrogen-bond acceptors (Lipinski definition) is 6. The van der Waals surface area contributed by atoms with Crippen LogP contribution in [0.3, 0.4) is 0 Å². The first-order valence-corrected chi connectivity index (χ1v) is 34.2. The van der Waals surface area contributed by atoms with E-state index < -0.39 is 20.0 Å². The number of nitrogens with one attached hydrogen (secondary N) is 1. The fourth-order valence-corrected chi connectivity index (χ4v) is 10.6. The number of esters is 1. The molecule has 10 heteroatoms. The molecule has 9 nitrogen and oxygen atoms in total. The molecule has 0 radical (unpaired) electrons. The molecule has 0 rings (SSSR count). The molecule has 0 aromatic carbocycles. The lowest BCUT2D eigenvalue weighted by Crippen LogP contribution is -2.47. The number of likely N-dealkylation sites (N-methyl/N-ethyl adjacent to an activating group) is 1. The summed E-state index contributed by atoms with van der Waals surface area (Å²) in [5.41, 5.74) is 0. The maximum Gasteiger partial charge on any atom is 0.472 e. The second-order valence-corrected chi connectivity index (χ2v) is 25.1. The predicted octanol–water partition coefficient (Wildman–Crippen LogP) is 20.1. The number of ether oxygens (including phenoxy) is 1. The van der Waals surface area contributed by atoms with Gasteiger partial charge in [0.15, 0.2) is 0 Å². The van der Waals surface area contributed by atoms with Crippen molar-refractivity contribution < 1.29 is 37.3 Å². The molecular formula is C65H128N2O7P+. The van der Waals surface area contributed by atoms with Crippen LogP contribution in [0.1, 0.15) is 329 Å². The Bertz CT molecular complexity index is 1340. The van der Waals surface area contributed by atoms with Crippen molar-refractivity contribution in [3.63, 3.8) is 0 Å². The summed E-state index contributed by atoms with van der Waals surface area (Å²) in [6.45, 7) is 7.06. The predicted molar refractivity (Wildman–Crippen MR) is 323 cm³/mol. The number of quaternary nitrogens is 1. The topological polar surface area (TPSA) is 111 Å². The molecule has 0 aliphatic carbocycles. The highest BCUT2D eigenvalue weighted by molar-refractivity contribution is 7.47. The van der Waals surface area contributed by atoms with E-state index in [1.165, 1.54) is 238 Å². The quantitative estimate of drug-likeness (QED) is 0.0205. The third-order valence-electron chi connectivity index (χ3n) is 14.9. The molecule has 0 saturated heterocycles. The molecule has 3 atom stereocenters. The fourth-order valence-electron chi connectivity index (χ4n) is 9.82. The highest BCUT2D eigenvalue weighted by Crippen LogP contribution is 2.43. The normalized spacial score (nSPS) is 13.7. The standard InChI is InChI=1S/C65H127N2O7P/c1-7-10-13-16-19-22-25-28-30-32-33-35-37-40-43-46-49-52-55-58-65(69)74-63(56-53-50-47-44-41-38-27-24-21-18-15-12-9-3)62(61-73-75(70,71)72-60-59-67(4,5)6)66-64(68)57-54-51-48-45-42-39-36-34-31-29-26-23-20-17-14-11-8-2/h28,30,53,56,62-63H,7-27,29,31-52,54-55,57-61H2,1-6H3,(H-,66,68,70,71)/p+1/b30-28+,56-53+. The van der Waals surface area contributed by atoms with Crippen LogP contribution < -0.4 is 5.32 Å². The summed E-state index contributed by atoms with van der Waals surface area (Å²) >= 11 is 0. The van der Waals surface area contributed by atoms with Crippen LogP contribution in [-0.2, 0) is 27.9 Å². The number of nitrogens with zero attached hydrogens (tertiary/aromatic N) is 1. The number of carbonyl (C=O) groups excluding carboxylic acids is 2. The van der Waals surface area contributed by atoms with Gasteiger partial charge >= 0.3 is 13.8 Å². The van der Waals surface area contributed by atoms with Gasteiger partial charge in [0.25, 0.3) is 0 Å². The number of carbonyl (C=O) groups is 2. The Morgan fingerprint density at radius 1 is 0.453 bits per heavy atom. The summed E-state index contributed by atoms with van der Waals surface area (Å²) in [7, 11) is 1.51. The van der Waals surface area contributed by atoms with Gasteiger partial charge in [-0.25, -0.2) is 4.57 Å². The third kappa shape index (κ3) is 57.0. The first-order valence-electron chi connectivity index (χ1n) is 32.7. The van der Waals surface area contributed by atoms with Crippen LogP contribution >= 0.6 is 7.82 Å². The minimum absolute atomic E-state index is 0.0438. The van der Waals surface area contributed by atoms with Gasteiger partial charge in [0.05, 0.1) is 33.8 Å². The van der Waals surface area contributed by atoms with E-state index in [1.807, 2.05) is 33.3 Å². The van der Waals surface area contributed by atoms with Gasteiger partial charge < -0.3 is 19.4 Å². The summed E-state index contributed by atoms with van der Waals surface area (Å²) in [5, 5.41) is 3.07. The highest BCUT2D eigenvalue weighted by atomic mass is 31.2. The molecule has 0 aromatic rings. The van der Waals surface area contributed by atoms with Crippen molar-refractivity contribution in [3.8, 4) is 0 Å².